The molecule has 1 aliphatic heterocycles. The summed E-state index contributed by atoms with van der Waals surface area (Å²) in [5, 5.41) is 9.27. The van der Waals surface area contributed by atoms with Crippen molar-refractivity contribution in [2.75, 3.05) is 6.61 Å². The van der Waals surface area contributed by atoms with Crippen molar-refractivity contribution >= 4 is 0 Å². The summed E-state index contributed by atoms with van der Waals surface area (Å²) < 4.78 is 5.61. The van der Waals surface area contributed by atoms with E-state index >= 15 is 0 Å². The maximum Gasteiger partial charge on any atom is 0.0708 e. The Balaban J connectivity index is 2.03. The molecule has 2 atom stereocenters. The largest absolute Gasteiger partial charge is 0.393 e. The van der Waals surface area contributed by atoms with Gasteiger partial charge in [-0.15, -0.1) is 0 Å². The molecule has 0 aromatic heterocycles. The van der Waals surface area contributed by atoms with Crippen molar-refractivity contribution < 1.29 is 9.84 Å². The third kappa shape index (κ3) is 0.956. The Hall–Kier alpha value is -0.0800. The highest BCUT2D eigenvalue weighted by Crippen LogP contribution is 2.40. The van der Waals surface area contributed by atoms with Gasteiger partial charge < -0.3 is 9.84 Å². The molecule has 2 rings (SSSR count). The van der Waals surface area contributed by atoms with Gasteiger partial charge in [-0.05, 0) is 25.7 Å². The normalized spacial score (nSPS) is 47.1. The second-order valence-corrected chi connectivity index (χ2v) is 3.53. The molecule has 1 unspecified atom stereocenters. The van der Waals surface area contributed by atoms with Gasteiger partial charge in [-0.25, -0.2) is 0 Å². The monoisotopic (exact) mass is 142 g/mol. The van der Waals surface area contributed by atoms with E-state index in [1.807, 2.05) is 0 Å². The van der Waals surface area contributed by atoms with Crippen LogP contribution in [0, 0.1) is 0 Å². The molecule has 1 spiro atoms. The Kier molecular flexibility index (Phi) is 1.46. The number of aliphatic hydroxyl groups excluding tert-OH is 1. The van der Waals surface area contributed by atoms with Gasteiger partial charge in [-0.1, -0.05) is 0 Å². The first-order chi connectivity index (χ1) is 4.81. The number of hydrogen-bond acceptors (Lipinski definition) is 2. The molecule has 0 aromatic carbocycles. The minimum Gasteiger partial charge on any atom is -0.393 e. The van der Waals surface area contributed by atoms with Crippen LogP contribution in [-0.4, -0.2) is 23.4 Å². The summed E-state index contributed by atoms with van der Waals surface area (Å²) in [6, 6.07) is 0. The first kappa shape index (κ1) is 6.62. The van der Waals surface area contributed by atoms with Crippen LogP contribution in [0.1, 0.15) is 32.1 Å². The summed E-state index contributed by atoms with van der Waals surface area (Å²) >= 11 is 0. The summed E-state index contributed by atoms with van der Waals surface area (Å²) in [6.45, 7) is 0.909. The van der Waals surface area contributed by atoms with Crippen LogP contribution < -0.4 is 0 Å². The zero-order valence-electron chi connectivity index (χ0n) is 6.18. The first-order valence-electron chi connectivity index (χ1n) is 4.13. The highest BCUT2D eigenvalue weighted by atomic mass is 16.5. The molecule has 1 saturated heterocycles. The molecule has 2 aliphatic rings. The smallest absolute Gasteiger partial charge is 0.0708 e. The predicted octanol–water partition coefficient (Wildman–Crippen LogP) is 1.08. The van der Waals surface area contributed by atoms with Crippen LogP contribution in [-0.2, 0) is 4.74 Å². The molecule has 0 bridgehead atoms. The van der Waals surface area contributed by atoms with Crippen LogP contribution in [0.4, 0.5) is 0 Å². The molecule has 1 N–H and O–H groups in total. The molecular formula is C8H14O2. The molecule has 2 nitrogen and oxygen atoms in total. The minimum atomic E-state index is -0.0851. The predicted molar refractivity (Wildman–Crippen MR) is 37.8 cm³/mol. The van der Waals surface area contributed by atoms with Gasteiger partial charge in [0.1, 0.15) is 0 Å². The lowest BCUT2D eigenvalue weighted by Gasteiger charge is -2.21. The molecule has 0 aromatic rings. The van der Waals surface area contributed by atoms with E-state index in [4.69, 9.17) is 4.74 Å². The SMILES string of the molecule is OC1CC[C@]2(CCCO2)C1. The van der Waals surface area contributed by atoms with E-state index in [9.17, 15) is 5.11 Å². The summed E-state index contributed by atoms with van der Waals surface area (Å²) in [7, 11) is 0. The Labute approximate surface area is 61.2 Å². The summed E-state index contributed by atoms with van der Waals surface area (Å²) in [5.74, 6) is 0. The van der Waals surface area contributed by atoms with Gasteiger partial charge in [0.15, 0.2) is 0 Å². The third-order valence-corrected chi connectivity index (χ3v) is 2.73. The van der Waals surface area contributed by atoms with E-state index in [0.717, 1.165) is 25.9 Å². The molecule has 1 saturated carbocycles. The Morgan fingerprint density at radius 1 is 1.40 bits per heavy atom. The van der Waals surface area contributed by atoms with E-state index in [2.05, 4.69) is 0 Å². The van der Waals surface area contributed by atoms with Gasteiger partial charge in [0.05, 0.1) is 11.7 Å². The van der Waals surface area contributed by atoms with E-state index in [-0.39, 0.29) is 11.7 Å². The highest BCUT2D eigenvalue weighted by Gasteiger charge is 2.41. The van der Waals surface area contributed by atoms with Gasteiger partial charge in [0, 0.05) is 13.0 Å². The van der Waals surface area contributed by atoms with Crippen molar-refractivity contribution in [2.24, 2.45) is 0 Å². The van der Waals surface area contributed by atoms with Crippen molar-refractivity contribution in [1.29, 1.82) is 0 Å². The van der Waals surface area contributed by atoms with Crippen LogP contribution >= 0.6 is 0 Å². The highest BCUT2D eigenvalue weighted by molar-refractivity contribution is 4.93. The fourth-order valence-electron chi connectivity index (χ4n) is 2.18. The molecule has 1 heterocycles. The maximum atomic E-state index is 9.27. The van der Waals surface area contributed by atoms with Crippen molar-refractivity contribution in [3.63, 3.8) is 0 Å². The first-order valence-corrected chi connectivity index (χ1v) is 4.13. The molecular weight excluding hydrogens is 128 g/mol. The molecule has 1 aliphatic carbocycles. The summed E-state index contributed by atoms with van der Waals surface area (Å²) in [5.41, 5.74) is 0.111. The second-order valence-electron chi connectivity index (χ2n) is 3.53. The van der Waals surface area contributed by atoms with E-state index in [0.29, 0.717) is 0 Å². The average Bonchev–Trinajstić information content (AvgIpc) is 2.46. The number of rotatable bonds is 0. The molecule has 0 amide bonds. The van der Waals surface area contributed by atoms with Crippen LogP contribution in [0.3, 0.4) is 0 Å². The number of aliphatic hydroxyl groups is 1. The zero-order chi connectivity index (χ0) is 7.03. The summed E-state index contributed by atoms with van der Waals surface area (Å²) in [6.07, 6.45) is 5.18. The van der Waals surface area contributed by atoms with E-state index in [1.54, 1.807) is 0 Å². The topological polar surface area (TPSA) is 29.5 Å². The fourth-order valence-corrected chi connectivity index (χ4v) is 2.18. The Morgan fingerprint density at radius 3 is 2.80 bits per heavy atom. The Bertz CT molecular complexity index is 127. The van der Waals surface area contributed by atoms with Gasteiger partial charge in [0.2, 0.25) is 0 Å². The van der Waals surface area contributed by atoms with E-state index in [1.165, 1.54) is 12.8 Å². The van der Waals surface area contributed by atoms with Gasteiger partial charge >= 0.3 is 0 Å². The summed E-state index contributed by atoms with van der Waals surface area (Å²) in [4.78, 5) is 0. The van der Waals surface area contributed by atoms with Crippen molar-refractivity contribution in [1.82, 2.24) is 0 Å². The number of hydrogen-bond donors (Lipinski definition) is 1. The quantitative estimate of drug-likeness (QED) is 0.548. The second kappa shape index (κ2) is 2.21. The Morgan fingerprint density at radius 2 is 2.30 bits per heavy atom. The van der Waals surface area contributed by atoms with Crippen molar-refractivity contribution in [3.8, 4) is 0 Å². The molecule has 58 valence electrons. The molecule has 2 fully saturated rings. The molecule has 2 heteroatoms. The van der Waals surface area contributed by atoms with Crippen molar-refractivity contribution in [3.05, 3.63) is 0 Å². The van der Waals surface area contributed by atoms with Crippen LogP contribution in [0.5, 0.6) is 0 Å². The number of ether oxygens (including phenoxy) is 1. The third-order valence-electron chi connectivity index (χ3n) is 2.73. The van der Waals surface area contributed by atoms with E-state index < -0.39 is 0 Å². The molecule has 10 heavy (non-hydrogen) atoms. The van der Waals surface area contributed by atoms with Gasteiger partial charge in [0.25, 0.3) is 0 Å². The van der Waals surface area contributed by atoms with Gasteiger partial charge in [-0.2, -0.15) is 0 Å². The maximum absolute atomic E-state index is 9.27. The van der Waals surface area contributed by atoms with Crippen LogP contribution in [0.2, 0.25) is 0 Å². The minimum absolute atomic E-state index is 0.0851. The van der Waals surface area contributed by atoms with Crippen LogP contribution in [0.25, 0.3) is 0 Å². The van der Waals surface area contributed by atoms with Crippen molar-refractivity contribution in [2.45, 2.75) is 43.8 Å². The zero-order valence-corrected chi connectivity index (χ0v) is 6.18. The lowest BCUT2D eigenvalue weighted by Crippen LogP contribution is -2.24. The van der Waals surface area contributed by atoms with Gasteiger partial charge in [-0.3, -0.25) is 0 Å². The fraction of sp³-hybridized carbons (Fsp3) is 1.00. The lowest BCUT2D eigenvalue weighted by atomic mass is 9.99. The standard InChI is InChI=1S/C8H14O2/c9-7-2-4-8(6-7)3-1-5-10-8/h7,9H,1-6H2/t7?,8-/m1/s1. The molecule has 0 radical (unpaired) electrons. The van der Waals surface area contributed by atoms with Crippen LogP contribution in [0.15, 0.2) is 0 Å². The average molecular weight is 142 g/mol. The lowest BCUT2D eigenvalue weighted by molar-refractivity contribution is 0.000212.